The Labute approximate surface area is 207 Å². The van der Waals surface area contributed by atoms with Crippen LogP contribution >= 0.6 is 0 Å². The highest BCUT2D eigenvalue weighted by Gasteiger charge is 2.25. The van der Waals surface area contributed by atoms with Gasteiger partial charge in [0.2, 0.25) is 10.0 Å². The lowest BCUT2D eigenvalue weighted by Gasteiger charge is -2.39. The van der Waals surface area contributed by atoms with Gasteiger partial charge in [-0.25, -0.2) is 17.5 Å². The van der Waals surface area contributed by atoms with Crippen LogP contribution in [0.15, 0.2) is 47.9 Å². The topological polar surface area (TPSA) is 73.0 Å². The zero-order valence-corrected chi connectivity index (χ0v) is 21.2. The van der Waals surface area contributed by atoms with Crippen molar-refractivity contribution in [2.24, 2.45) is 0 Å². The molecular formula is C26H33FN4O3S. The number of piperazine rings is 1. The highest BCUT2D eigenvalue weighted by Crippen LogP contribution is 2.34. The number of nitrogens with zero attached hydrogens (tertiary/aromatic N) is 3. The number of carbonyl (C=O) groups excluding carboxylic acids is 1. The lowest BCUT2D eigenvalue weighted by atomic mass is 10.0. The van der Waals surface area contributed by atoms with E-state index in [1.54, 1.807) is 24.3 Å². The van der Waals surface area contributed by atoms with E-state index in [4.69, 9.17) is 0 Å². The number of hydrogen-bond donors (Lipinski definition) is 1. The van der Waals surface area contributed by atoms with E-state index in [-0.39, 0.29) is 10.7 Å². The second kappa shape index (κ2) is 10.4. The van der Waals surface area contributed by atoms with Crippen molar-refractivity contribution >= 4 is 32.9 Å². The van der Waals surface area contributed by atoms with Crippen LogP contribution in [0.5, 0.6) is 0 Å². The number of anilines is 2. The van der Waals surface area contributed by atoms with Gasteiger partial charge < -0.3 is 14.7 Å². The van der Waals surface area contributed by atoms with Crippen LogP contribution in [-0.2, 0) is 10.0 Å². The highest BCUT2D eigenvalue weighted by molar-refractivity contribution is 7.89. The summed E-state index contributed by atoms with van der Waals surface area (Å²) in [6.45, 7) is 10.1. The van der Waals surface area contributed by atoms with Gasteiger partial charge in [0, 0.05) is 61.8 Å². The lowest BCUT2D eigenvalue weighted by Crippen LogP contribution is -2.45. The highest BCUT2D eigenvalue weighted by atomic mass is 32.2. The van der Waals surface area contributed by atoms with Crippen molar-refractivity contribution < 1.29 is 17.6 Å². The Morgan fingerprint density at radius 1 is 0.914 bits per heavy atom. The largest absolute Gasteiger partial charge is 0.371 e. The minimum absolute atomic E-state index is 0.163. The van der Waals surface area contributed by atoms with E-state index in [0.717, 1.165) is 42.9 Å². The van der Waals surface area contributed by atoms with Gasteiger partial charge in [0.15, 0.2) is 5.78 Å². The molecule has 0 aromatic heterocycles. The Morgan fingerprint density at radius 3 is 2.14 bits per heavy atom. The van der Waals surface area contributed by atoms with Crippen LogP contribution in [0.4, 0.5) is 15.8 Å². The smallest absolute Gasteiger partial charge is 0.240 e. The SMILES string of the molecule is C=C(c1cc(S(=O)(=O)NC)ccc1N1CCCCC1)N1CCN(c2ccc(C(C)=O)cc2F)CC1. The van der Waals surface area contributed by atoms with Gasteiger partial charge in [-0.15, -0.1) is 0 Å². The maximum absolute atomic E-state index is 14.7. The molecular weight excluding hydrogens is 467 g/mol. The van der Waals surface area contributed by atoms with Crippen molar-refractivity contribution in [3.63, 3.8) is 0 Å². The van der Waals surface area contributed by atoms with E-state index in [0.29, 0.717) is 37.4 Å². The molecule has 4 rings (SSSR count). The first-order valence-electron chi connectivity index (χ1n) is 12.0. The summed E-state index contributed by atoms with van der Waals surface area (Å²) >= 11 is 0. The number of Topliss-reactive ketones (excluding diaryl/α,β-unsaturated/α-hetero) is 1. The number of sulfonamides is 1. The molecule has 35 heavy (non-hydrogen) atoms. The minimum Gasteiger partial charge on any atom is -0.371 e. The molecule has 0 unspecified atom stereocenters. The molecule has 0 radical (unpaired) electrons. The van der Waals surface area contributed by atoms with Crippen LogP contribution in [0, 0.1) is 5.82 Å². The van der Waals surface area contributed by atoms with E-state index in [2.05, 4.69) is 21.1 Å². The van der Waals surface area contributed by atoms with E-state index < -0.39 is 15.8 Å². The third-order valence-corrected chi connectivity index (χ3v) is 8.32. The standard InChI is InChI=1S/C26H33FN4O3S/c1-19(29-13-15-31(16-14-29)26-9-7-21(20(2)32)17-24(26)27)23-18-22(35(33,34)28-3)8-10-25(23)30-11-5-4-6-12-30/h7-10,17-18,28H,1,4-6,11-16H2,2-3H3. The molecule has 2 fully saturated rings. The van der Waals surface area contributed by atoms with Gasteiger partial charge in [-0.05, 0) is 69.6 Å². The fraction of sp³-hybridized carbons (Fsp3) is 0.423. The molecule has 0 bridgehead atoms. The number of ketones is 1. The monoisotopic (exact) mass is 500 g/mol. The van der Waals surface area contributed by atoms with Crippen molar-refractivity contribution in [1.82, 2.24) is 9.62 Å². The van der Waals surface area contributed by atoms with E-state index in [1.165, 1.54) is 26.5 Å². The molecule has 0 atom stereocenters. The summed E-state index contributed by atoms with van der Waals surface area (Å²) in [5.41, 5.74) is 3.42. The molecule has 2 aliphatic rings. The molecule has 2 heterocycles. The fourth-order valence-electron chi connectivity index (χ4n) is 4.81. The van der Waals surface area contributed by atoms with Crippen molar-refractivity contribution in [1.29, 1.82) is 0 Å². The van der Waals surface area contributed by atoms with Gasteiger partial charge in [0.25, 0.3) is 0 Å². The van der Waals surface area contributed by atoms with E-state index >= 15 is 0 Å². The quantitative estimate of drug-likeness (QED) is 0.585. The van der Waals surface area contributed by atoms with Crippen molar-refractivity contribution in [3.05, 3.63) is 59.9 Å². The molecule has 9 heteroatoms. The molecule has 0 aliphatic carbocycles. The number of benzene rings is 2. The zero-order valence-electron chi connectivity index (χ0n) is 20.4. The number of rotatable bonds is 7. The van der Waals surface area contributed by atoms with E-state index in [1.807, 2.05) is 11.0 Å². The van der Waals surface area contributed by atoms with Gasteiger partial charge in [-0.2, -0.15) is 0 Å². The number of carbonyl (C=O) groups is 1. The average molecular weight is 501 g/mol. The van der Waals surface area contributed by atoms with Crippen molar-refractivity contribution in [2.45, 2.75) is 31.1 Å². The Kier molecular flexibility index (Phi) is 7.47. The molecule has 0 saturated carbocycles. The maximum Gasteiger partial charge on any atom is 0.240 e. The van der Waals surface area contributed by atoms with Crippen LogP contribution in [0.1, 0.15) is 42.1 Å². The fourth-order valence-corrected chi connectivity index (χ4v) is 5.57. The Bertz CT molecular complexity index is 1220. The Morgan fingerprint density at radius 2 is 1.54 bits per heavy atom. The van der Waals surface area contributed by atoms with Crippen LogP contribution in [0.2, 0.25) is 0 Å². The summed E-state index contributed by atoms with van der Waals surface area (Å²) in [7, 11) is -2.19. The van der Waals surface area contributed by atoms with Crippen LogP contribution < -0.4 is 14.5 Å². The number of piperidine rings is 1. The van der Waals surface area contributed by atoms with Gasteiger partial charge in [-0.1, -0.05) is 6.58 Å². The zero-order chi connectivity index (χ0) is 25.2. The molecule has 188 valence electrons. The summed E-state index contributed by atoms with van der Waals surface area (Å²) in [6.07, 6.45) is 3.41. The van der Waals surface area contributed by atoms with Crippen LogP contribution in [0.25, 0.3) is 5.70 Å². The third-order valence-electron chi connectivity index (χ3n) is 6.91. The van der Waals surface area contributed by atoms with Gasteiger partial charge in [0.05, 0.1) is 10.6 Å². The summed E-state index contributed by atoms with van der Waals surface area (Å²) in [6, 6.07) is 9.87. The summed E-state index contributed by atoms with van der Waals surface area (Å²) in [5, 5.41) is 0. The predicted octanol–water partition coefficient (Wildman–Crippen LogP) is 3.72. The van der Waals surface area contributed by atoms with Gasteiger partial charge >= 0.3 is 0 Å². The molecule has 0 amide bonds. The lowest BCUT2D eigenvalue weighted by molar-refractivity contribution is 0.101. The normalized spacial score (nSPS) is 16.9. The molecule has 0 spiro atoms. The Balaban J connectivity index is 1.56. The molecule has 2 aromatic carbocycles. The molecule has 2 aliphatic heterocycles. The summed E-state index contributed by atoms with van der Waals surface area (Å²) in [5.74, 6) is -0.564. The van der Waals surface area contributed by atoms with Crippen molar-refractivity contribution in [3.8, 4) is 0 Å². The number of nitrogens with one attached hydrogen (secondary N) is 1. The minimum atomic E-state index is -3.59. The Hall–Kier alpha value is -2.91. The van der Waals surface area contributed by atoms with Gasteiger partial charge in [0.1, 0.15) is 5.82 Å². The number of halogens is 1. The number of hydrogen-bond acceptors (Lipinski definition) is 6. The first-order valence-corrected chi connectivity index (χ1v) is 13.5. The molecule has 2 aromatic rings. The second-order valence-corrected chi connectivity index (χ2v) is 11.0. The van der Waals surface area contributed by atoms with Gasteiger partial charge in [-0.3, -0.25) is 4.79 Å². The average Bonchev–Trinajstić information content (AvgIpc) is 2.88. The maximum atomic E-state index is 14.7. The first kappa shape index (κ1) is 25.2. The molecule has 1 N–H and O–H groups in total. The second-order valence-electron chi connectivity index (χ2n) is 9.08. The van der Waals surface area contributed by atoms with E-state index in [9.17, 15) is 17.6 Å². The molecule has 7 nitrogen and oxygen atoms in total. The predicted molar refractivity (Wildman–Crippen MR) is 138 cm³/mol. The summed E-state index contributed by atoms with van der Waals surface area (Å²) in [4.78, 5) is 18.2. The van der Waals surface area contributed by atoms with Crippen molar-refractivity contribution in [2.75, 3.05) is 56.1 Å². The summed E-state index contributed by atoms with van der Waals surface area (Å²) < 4.78 is 42.1. The first-order chi connectivity index (χ1) is 16.7. The van der Waals surface area contributed by atoms with Crippen LogP contribution in [0.3, 0.4) is 0 Å². The molecule has 2 saturated heterocycles. The van der Waals surface area contributed by atoms with Crippen LogP contribution in [-0.4, -0.2) is 65.4 Å². The third kappa shape index (κ3) is 5.36.